The smallest absolute Gasteiger partial charge is 0.334 e. The van der Waals surface area contributed by atoms with Gasteiger partial charge in [0.2, 0.25) is 0 Å². The second-order valence-corrected chi connectivity index (χ2v) is 6.78. The molecule has 2 atom stereocenters. The van der Waals surface area contributed by atoms with Gasteiger partial charge in [0.1, 0.15) is 5.37 Å². The highest BCUT2D eigenvalue weighted by molar-refractivity contribution is 8.04. The molecular weight excluding hydrogens is 306 g/mol. The number of nitrogens with one attached hydrogen (secondary N) is 1. The maximum absolute atomic E-state index is 11.7. The molecule has 8 heteroatoms. The maximum atomic E-state index is 11.7. The number of carboxylic acids is 1. The van der Waals surface area contributed by atoms with E-state index in [1.807, 2.05) is 6.92 Å². The van der Waals surface area contributed by atoms with E-state index in [0.717, 1.165) is 42.1 Å². The molecule has 0 aromatic heterocycles. The van der Waals surface area contributed by atoms with E-state index < -0.39 is 23.2 Å². The number of hydrogen-bond acceptors (Lipinski definition) is 5. The third-order valence-electron chi connectivity index (χ3n) is 4.38. The summed E-state index contributed by atoms with van der Waals surface area (Å²) in [6, 6.07) is 0. The van der Waals surface area contributed by atoms with Crippen LogP contribution in [0.25, 0.3) is 0 Å². The number of fused-ring (bicyclic) bond motifs is 4. The minimum atomic E-state index is -1.11. The van der Waals surface area contributed by atoms with Crippen LogP contribution in [0.5, 0.6) is 0 Å². The van der Waals surface area contributed by atoms with Crippen LogP contribution in [0.1, 0.15) is 19.8 Å². The number of piperidine rings is 1. The number of primary amides is 1. The molecule has 1 saturated heterocycles. The van der Waals surface area contributed by atoms with Gasteiger partial charge in [0.25, 0.3) is 0 Å². The highest BCUT2D eigenvalue weighted by atomic mass is 32.2. The lowest BCUT2D eigenvalue weighted by molar-refractivity contribution is -0.137. The Morgan fingerprint density at radius 1 is 1.41 bits per heavy atom. The zero-order chi connectivity index (χ0) is 16.0. The predicted molar refractivity (Wildman–Crippen MR) is 80.4 cm³/mol. The lowest BCUT2D eigenvalue weighted by atomic mass is 9.83. The second-order valence-electron chi connectivity index (χ2n) is 5.67. The van der Waals surface area contributed by atoms with Gasteiger partial charge in [0.15, 0.2) is 0 Å². The van der Waals surface area contributed by atoms with E-state index in [1.54, 1.807) is 0 Å². The van der Waals surface area contributed by atoms with Gasteiger partial charge >= 0.3 is 17.8 Å². The summed E-state index contributed by atoms with van der Waals surface area (Å²) < 4.78 is 0. The van der Waals surface area contributed by atoms with Crippen molar-refractivity contribution >= 4 is 29.5 Å². The summed E-state index contributed by atoms with van der Waals surface area (Å²) in [6.45, 7) is 3.76. The van der Waals surface area contributed by atoms with Gasteiger partial charge in [-0.15, -0.1) is 0 Å². The standard InChI is InChI=1S/C14H17N3O4S/c1-6-10-8(7-3-2-4-17(6)5-7)9(14(20)21)13(22-10)16-12(19)11(15)18/h7,13H,2-5H2,1H3,(H2,15,18)(H,16,19)(H,20,21). The van der Waals surface area contributed by atoms with Crippen molar-refractivity contribution in [1.82, 2.24) is 10.2 Å². The molecule has 3 aliphatic heterocycles. The quantitative estimate of drug-likeness (QED) is 0.617. The molecule has 7 nitrogen and oxygen atoms in total. The SMILES string of the molecule is CC1=C2SC(NC(=O)C(N)=O)C(C(=O)O)=C2C2CCCN1C2. The number of nitrogens with zero attached hydrogens (tertiary/aromatic N) is 1. The number of carbonyl (C=O) groups is 3. The highest BCUT2D eigenvalue weighted by Crippen LogP contribution is 2.51. The molecule has 3 aliphatic rings. The van der Waals surface area contributed by atoms with E-state index in [4.69, 9.17) is 5.73 Å². The molecule has 0 spiro atoms. The first-order valence-corrected chi connectivity index (χ1v) is 7.98. The number of aliphatic carboxylic acids is 1. The van der Waals surface area contributed by atoms with E-state index >= 15 is 0 Å². The van der Waals surface area contributed by atoms with Crippen LogP contribution in [0.15, 0.2) is 21.7 Å². The van der Waals surface area contributed by atoms with Crippen molar-refractivity contribution in [3.8, 4) is 0 Å². The number of thioether (sulfide) groups is 1. The Kier molecular flexibility index (Phi) is 3.64. The summed E-state index contributed by atoms with van der Waals surface area (Å²) in [4.78, 5) is 37.4. The van der Waals surface area contributed by atoms with Crippen molar-refractivity contribution in [2.75, 3.05) is 13.1 Å². The lowest BCUT2D eigenvalue weighted by Gasteiger charge is -2.41. The fourth-order valence-electron chi connectivity index (χ4n) is 3.37. The summed E-state index contributed by atoms with van der Waals surface area (Å²) in [5.41, 5.74) is 7.00. The van der Waals surface area contributed by atoms with Gasteiger partial charge in [0, 0.05) is 29.6 Å². The molecule has 1 fully saturated rings. The topological polar surface area (TPSA) is 113 Å². The van der Waals surface area contributed by atoms with Gasteiger partial charge in [-0.05, 0) is 25.3 Å². The van der Waals surface area contributed by atoms with Gasteiger partial charge in [0.05, 0.1) is 5.57 Å². The molecule has 2 bridgehead atoms. The molecular formula is C14H17N3O4S. The van der Waals surface area contributed by atoms with Crippen LogP contribution in [0, 0.1) is 5.92 Å². The normalized spacial score (nSPS) is 26.9. The summed E-state index contributed by atoms with van der Waals surface area (Å²) in [5.74, 6) is -2.96. The molecule has 0 aromatic rings. The number of amides is 2. The van der Waals surface area contributed by atoms with Gasteiger partial charge in [-0.25, -0.2) is 4.79 Å². The highest BCUT2D eigenvalue weighted by Gasteiger charge is 2.44. The molecule has 0 radical (unpaired) electrons. The molecule has 0 aliphatic carbocycles. The lowest BCUT2D eigenvalue weighted by Crippen LogP contribution is -2.42. The predicted octanol–water partition coefficient (Wildman–Crippen LogP) is -0.000900. The molecule has 0 saturated carbocycles. The Bertz CT molecular complexity index is 640. The molecule has 118 valence electrons. The number of rotatable bonds is 2. The number of hydrogen-bond donors (Lipinski definition) is 3. The molecule has 22 heavy (non-hydrogen) atoms. The number of nitrogens with two attached hydrogens (primary N) is 1. The van der Waals surface area contributed by atoms with Gasteiger partial charge in [-0.3, -0.25) is 9.59 Å². The van der Waals surface area contributed by atoms with Crippen LogP contribution in [0.2, 0.25) is 0 Å². The van der Waals surface area contributed by atoms with E-state index in [-0.39, 0.29) is 11.5 Å². The van der Waals surface area contributed by atoms with Crippen LogP contribution >= 0.6 is 11.8 Å². The first kappa shape index (κ1) is 15.0. The van der Waals surface area contributed by atoms with Crippen molar-refractivity contribution in [3.05, 3.63) is 21.7 Å². The minimum absolute atomic E-state index is 0.168. The van der Waals surface area contributed by atoms with Crippen molar-refractivity contribution in [2.45, 2.75) is 25.1 Å². The zero-order valence-electron chi connectivity index (χ0n) is 12.1. The van der Waals surface area contributed by atoms with Crippen molar-refractivity contribution < 1.29 is 19.5 Å². The van der Waals surface area contributed by atoms with Crippen LogP contribution in [-0.4, -0.2) is 46.3 Å². The summed E-state index contributed by atoms with van der Waals surface area (Å²) in [7, 11) is 0. The fraction of sp³-hybridized carbons (Fsp3) is 0.500. The Labute approximate surface area is 131 Å². The average Bonchev–Trinajstić information content (AvgIpc) is 2.85. The van der Waals surface area contributed by atoms with Gasteiger partial charge < -0.3 is 21.1 Å². The fourth-order valence-corrected chi connectivity index (χ4v) is 4.82. The van der Waals surface area contributed by atoms with Gasteiger partial charge in [-0.2, -0.15) is 0 Å². The molecule has 2 unspecified atom stereocenters. The van der Waals surface area contributed by atoms with Crippen LogP contribution < -0.4 is 11.1 Å². The first-order valence-electron chi connectivity index (χ1n) is 7.10. The third kappa shape index (κ3) is 2.27. The molecule has 4 N–H and O–H groups in total. The van der Waals surface area contributed by atoms with E-state index in [9.17, 15) is 19.5 Å². The maximum Gasteiger partial charge on any atom is 0.334 e. The van der Waals surface area contributed by atoms with Crippen LogP contribution in [0.3, 0.4) is 0 Å². The Balaban J connectivity index is 2.03. The summed E-state index contributed by atoms with van der Waals surface area (Å²) in [5, 5.41) is 11.2. The van der Waals surface area contributed by atoms with Crippen molar-refractivity contribution in [3.63, 3.8) is 0 Å². The molecule has 3 heterocycles. The largest absolute Gasteiger partial charge is 0.478 e. The average molecular weight is 323 g/mol. The van der Waals surface area contributed by atoms with E-state index in [0.29, 0.717) is 0 Å². The number of carboxylic acid groups (broad SMARTS) is 1. The Morgan fingerprint density at radius 3 is 2.77 bits per heavy atom. The van der Waals surface area contributed by atoms with Crippen molar-refractivity contribution in [2.24, 2.45) is 11.7 Å². The van der Waals surface area contributed by atoms with Gasteiger partial charge in [-0.1, -0.05) is 11.8 Å². The van der Waals surface area contributed by atoms with E-state index in [1.165, 1.54) is 11.8 Å². The summed E-state index contributed by atoms with van der Waals surface area (Å²) in [6.07, 6.45) is 1.96. The first-order chi connectivity index (χ1) is 10.4. The zero-order valence-corrected chi connectivity index (χ0v) is 12.9. The van der Waals surface area contributed by atoms with Crippen molar-refractivity contribution in [1.29, 1.82) is 0 Å². The molecule has 3 rings (SSSR count). The molecule has 2 amide bonds. The monoisotopic (exact) mass is 323 g/mol. The number of carbonyl (C=O) groups excluding carboxylic acids is 2. The van der Waals surface area contributed by atoms with Crippen LogP contribution in [-0.2, 0) is 14.4 Å². The van der Waals surface area contributed by atoms with E-state index in [2.05, 4.69) is 10.2 Å². The number of allylic oxidation sites excluding steroid dienone is 2. The molecule has 0 aromatic carbocycles. The third-order valence-corrected chi connectivity index (χ3v) is 5.72. The Hall–Kier alpha value is -1.96. The van der Waals surface area contributed by atoms with Crippen LogP contribution in [0.4, 0.5) is 0 Å². The minimum Gasteiger partial charge on any atom is -0.478 e. The Morgan fingerprint density at radius 2 is 2.14 bits per heavy atom. The summed E-state index contributed by atoms with van der Waals surface area (Å²) >= 11 is 1.28. The second kappa shape index (κ2) is 5.35.